The van der Waals surface area contributed by atoms with Crippen molar-refractivity contribution in [3.8, 4) is 11.5 Å². The minimum atomic E-state index is -3.46. The number of carbonyl (C=O) groups excluding carboxylic acids is 1. The molecule has 0 saturated carbocycles. The van der Waals surface area contributed by atoms with Gasteiger partial charge in [-0.2, -0.15) is 0 Å². The summed E-state index contributed by atoms with van der Waals surface area (Å²) in [4.78, 5) is 12.1. The highest BCUT2D eigenvalue weighted by atomic mass is 32.2. The van der Waals surface area contributed by atoms with Gasteiger partial charge in [0, 0.05) is 18.7 Å². The average molecular weight is 407 g/mol. The van der Waals surface area contributed by atoms with Gasteiger partial charge in [0.15, 0.2) is 0 Å². The van der Waals surface area contributed by atoms with Crippen molar-refractivity contribution in [2.45, 2.75) is 19.8 Å². The molecule has 1 amide bonds. The molecule has 2 rings (SSSR count). The zero-order chi connectivity index (χ0) is 20.6. The molecule has 8 heteroatoms. The second-order valence-corrected chi connectivity index (χ2v) is 8.05. The molecular formula is C20H26N2O5S. The van der Waals surface area contributed by atoms with Crippen molar-refractivity contribution in [3.05, 3.63) is 48.5 Å². The topological polar surface area (TPSA) is 84.9 Å². The molecule has 1 N–H and O–H groups in total. The molecule has 0 unspecified atom stereocenters. The van der Waals surface area contributed by atoms with Crippen molar-refractivity contribution in [1.29, 1.82) is 0 Å². The Hall–Kier alpha value is -2.74. The van der Waals surface area contributed by atoms with Gasteiger partial charge in [-0.05, 0) is 61.9 Å². The molecule has 0 radical (unpaired) electrons. The minimum absolute atomic E-state index is 0.176. The SMILES string of the molecule is CCOc1ccc(N(CCCC(=O)Nc2ccc(OC)cc2)S(C)(=O)=O)cc1. The van der Waals surface area contributed by atoms with Gasteiger partial charge in [-0.3, -0.25) is 9.10 Å². The van der Waals surface area contributed by atoms with Gasteiger partial charge in [0.2, 0.25) is 15.9 Å². The molecule has 2 aromatic rings. The Labute approximate surface area is 166 Å². The molecular weight excluding hydrogens is 380 g/mol. The second kappa shape index (κ2) is 9.98. The maximum atomic E-state index is 12.2. The standard InChI is InChI=1S/C20H26N2O5S/c1-4-27-19-13-9-17(10-14-19)22(28(3,24)25)15-5-6-20(23)21-16-7-11-18(26-2)12-8-16/h7-14H,4-6,15H2,1-3H3,(H,21,23). The van der Waals surface area contributed by atoms with Gasteiger partial charge in [-0.25, -0.2) is 8.42 Å². The lowest BCUT2D eigenvalue weighted by molar-refractivity contribution is -0.116. The maximum Gasteiger partial charge on any atom is 0.232 e. The number of hydrogen-bond donors (Lipinski definition) is 1. The fourth-order valence-corrected chi connectivity index (χ4v) is 3.61. The van der Waals surface area contributed by atoms with E-state index in [0.29, 0.717) is 35.9 Å². The minimum Gasteiger partial charge on any atom is -0.497 e. The first-order chi connectivity index (χ1) is 13.3. The summed E-state index contributed by atoms with van der Waals surface area (Å²) in [6, 6.07) is 13.9. The van der Waals surface area contributed by atoms with Gasteiger partial charge in [-0.1, -0.05) is 0 Å². The van der Waals surface area contributed by atoms with Crippen molar-refractivity contribution in [2.75, 3.05) is 36.1 Å². The monoisotopic (exact) mass is 406 g/mol. The first-order valence-corrected chi connectivity index (χ1v) is 10.8. The maximum absolute atomic E-state index is 12.2. The highest BCUT2D eigenvalue weighted by Crippen LogP contribution is 2.22. The first-order valence-electron chi connectivity index (χ1n) is 8.98. The highest BCUT2D eigenvalue weighted by Gasteiger charge is 2.17. The number of carbonyl (C=O) groups is 1. The summed E-state index contributed by atoms with van der Waals surface area (Å²) in [6.45, 7) is 2.63. The molecule has 0 bridgehead atoms. The third-order valence-corrected chi connectivity index (χ3v) is 5.17. The normalized spacial score (nSPS) is 11.0. The smallest absolute Gasteiger partial charge is 0.232 e. The van der Waals surface area contributed by atoms with Crippen molar-refractivity contribution in [2.24, 2.45) is 0 Å². The Morgan fingerprint density at radius 3 is 2.18 bits per heavy atom. The molecule has 0 heterocycles. The molecule has 0 aliphatic carbocycles. The lowest BCUT2D eigenvalue weighted by Crippen LogP contribution is -2.31. The van der Waals surface area contributed by atoms with Gasteiger partial charge in [0.05, 0.1) is 25.7 Å². The van der Waals surface area contributed by atoms with Crippen LogP contribution in [0.4, 0.5) is 11.4 Å². The van der Waals surface area contributed by atoms with E-state index >= 15 is 0 Å². The average Bonchev–Trinajstić information content (AvgIpc) is 2.66. The van der Waals surface area contributed by atoms with Crippen molar-refractivity contribution in [1.82, 2.24) is 0 Å². The summed E-state index contributed by atoms with van der Waals surface area (Å²) < 4.78 is 36.1. The molecule has 28 heavy (non-hydrogen) atoms. The predicted molar refractivity (Wildman–Crippen MR) is 111 cm³/mol. The fourth-order valence-electron chi connectivity index (χ4n) is 2.64. The van der Waals surface area contributed by atoms with Crippen LogP contribution in [0.5, 0.6) is 11.5 Å². The number of ether oxygens (including phenoxy) is 2. The van der Waals surface area contributed by atoms with E-state index in [1.807, 2.05) is 6.92 Å². The Balaban J connectivity index is 1.93. The third-order valence-electron chi connectivity index (χ3n) is 3.97. The number of benzene rings is 2. The fraction of sp³-hybridized carbons (Fsp3) is 0.350. The van der Waals surface area contributed by atoms with Gasteiger partial charge < -0.3 is 14.8 Å². The van der Waals surface area contributed by atoms with E-state index in [1.54, 1.807) is 55.6 Å². The summed E-state index contributed by atoms with van der Waals surface area (Å²) in [5, 5.41) is 2.79. The van der Waals surface area contributed by atoms with Crippen LogP contribution in [-0.4, -0.2) is 40.8 Å². The zero-order valence-corrected chi connectivity index (χ0v) is 17.2. The van der Waals surface area contributed by atoms with Crippen LogP contribution in [0, 0.1) is 0 Å². The van der Waals surface area contributed by atoms with E-state index in [2.05, 4.69) is 5.32 Å². The molecule has 0 saturated heterocycles. The van der Waals surface area contributed by atoms with Crippen LogP contribution < -0.4 is 19.1 Å². The zero-order valence-electron chi connectivity index (χ0n) is 16.3. The predicted octanol–water partition coefficient (Wildman–Crippen LogP) is 3.28. The largest absolute Gasteiger partial charge is 0.497 e. The molecule has 0 atom stereocenters. The first kappa shape index (κ1) is 21.6. The van der Waals surface area contributed by atoms with Crippen molar-refractivity contribution >= 4 is 27.3 Å². The van der Waals surface area contributed by atoms with E-state index in [1.165, 1.54) is 4.31 Å². The summed E-state index contributed by atoms with van der Waals surface area (Å²) in [5.41, 5.74) is 1.21. The molecule has 0 aliphatic rings. The van der Waals surface area contributed by atoms with Gasteiger partial charge in [0.1, 0.15) is 11.5 Å². The Morgan fingerprint density at radius 2 is 1.64 bits per heavy atom. The molecule has 152 valence electrons. The van der Waals surface area contributed by atoms with E-state index in [9.17, 15) is 13.2 Å². The third kappa shape index (κ3) is 6.45. The molecule has 0 aromatic heterocycles. The van der Waals surface area contributed by atoms with E-state index < -0.39 is 10.0 Å². The quantitative estimate of drug-likeness (QED) is 0.655. The lowest BCUT2D eigenvalue weighted by atomic mass is 10.2. The number of nitrogens with zero attached hydrogens (tertiary/aromatic N) is 1. The van der Waals surface area contributed by atoms with E-state index in [-0.39, 0.29) is 18.9 Å². The van der Waals surface area contributed by atoms with Crippen LogP contribution in [0.25, 0.3) is 0 Å². The van der Waals surface area contributed by atoms with E-state index in [4.69, 9.17) is 9.47 Å². The summed E-state index contributed by atoms with van der Waals surface area (Å²) in [7, 11) is -1.89. The molecule has 7 nitrogen and oxygen atoms in total. The van der Waals surface area contributed by atoms with Crippen LogP contribution in [0.3, 0.4) is 0 Å². The number of rotatable bonds is 10. The molecule has 0 spiro atoms. The molecule has 2 aromatic carbocycles. The summed E-state index contributed by atoms with van der Waals surface area (Å²) in [6.07, 6.45) is 1.75. The van der Waals surface area contributed by atoms with Crippen LogP contribution in [-0.2, 0) is 14.8 Å². The van der Waals surface area contributed by atoms with Crippen molar-refractivity contribution < 1.29 is 22.7 Å². The van der Waals surface area contributed by atoms with E-state index in [0.717, 1.165) is 6.26 Å². The number of methoxy groups -OCH3 is 1. The second-order valence-electron chi connectivity index (χ2n) is 6.14. The van der Waals surface area contributed by atoms with Crippen LogP contribution in [0.2, 0.25) is 0 Å². The Morgan fingerprint density at radius 1 is 1.04 bits per heavy atom. The molecule has 0 aliphatic heterocycles. The van der Waals surface area contributed by atoms with Gasteiger partial charge in [-0.15, -0.1) is 0 Å². The van der Waals surface area contributed by atoms with Gasteiger partial charge in [0.25, 0.3) is 0 Å². The Kier molecular flexibility index (Phi) is 7.69. The van der Waals surface area contributed by atoms with Crippen LogP contribution in [0.15, 0.2) is 48.5 Å². The summed E-state index contributed by atoms with van der Waals surface area (Å²) in [5.74, 6) is 1.21. The number of amides is 1. The number of sulfonamides is 1. The number of nitrogens with one attached hydrogen (secondary N) is 1. The van der Waals surface area contributed by atoms with Crippen LogP contribution in [0.1, 0.15) is 19.8 Å². The van der Waals surface area contributed by atoms with Crippen LogP contribution >= 0.6 is 0 Å². The number of anilines is 2. The highest BCUT2D eigenvalue weighted by molar-refractivity contribution is 7.92. The summed E-state index contributed by atoms with van der Waals surface area (Å²) >= 11 is 0. The number of hydrogen-bond acceptors (Lipinski definition) is 5. The molecule has 0 fully saturated rings. The van der Waals surface area contributed by atoms with Gasteiger partial charge >= 0.3 is 0 Å². The van der Waals surface area contributed by atoms with Crippen molar-refractivity contribution in [3.63, 3.8) is 0 Å². The Bertz CT molecular complexity index is 864. The lowest BCUT2D eigenvalue weighted by Gasteiger charge is -2.22.